The van der Waals surface area contributed by atoms with Gasteiger partial charge in [-0.05, 0) is 218 Å². The van der Waals surface area contributed by atoms with Gasteiger partial charge in [-0.2, -0.15) is 0 Å². The van der Waals surface area contributed by atoms with E-state index in [1.165, 1.54) is 186 Å². The zero-order chi connectivity index (χ0) is 56.6. The molecule has 2 aliphatic carbocycles. The van der Waals surface area contributed by atoms with Crippen LogP contribution in [0.4, 0.5) is 39.8 Å². The molecule has 0 atom stereocenters. The molecule has 4 heteroatoms. The van der Waals surface area contributed by atoms with Gasteiger partial charge in [-0.3, -0.25) is 0 Å². The van der Waals surface area contributed by atoms with Crippen LogP contribution in [-0.4, -0.2) is 18.8 Å². The first kappa shape index (κ1) is 48.1. The highest BCUT2D eigenvalue weighted by molar-refractivity contribution is 7.00. The van der Waals surface area contributed by atoms with Crippen LogP contribution in [0.5, 0.6) is 0 Å². The van der Waals surface area contributed by atoms with Crippen LogP contribution < -0.4 is 31.1 Å². The highest BCUT2D eigenvalue weighted by Gasteiger charge is 2.49. The van der Waals surface area contributed by atoms with Crippen LogP contribution in [0.25, 0.3) is 109 Å². The molecule has 4 heterocycles. The molecular weight excluding hydrogens is 1050 g/mol. The Morgan fingerprint density at radius 1 is 0.276 bits per heavy atom. The van der Waals surface area contributed by atoms with Crippen molar-refractivity contribution in [3.8, 4) is 44.5 Å². The van der Waals surface area contributed by atoms with E-state index in [1.54, 1.807) is 0 Å². The summed E-state index contributed by atoms with van der Waals surface area (Å²) in [5, 5.41) is 15.7. The van der Waals surface area contributed by atoms with Gasteiger partial charge >= 0.3 is 0 Å². The molecule has 21 rings (SSSR count). The summed E-state index contributed by atoms with van der Waals surface area (Å²) in [5.41, 5.74) is 22.5. The lowest BCUT2D eigenvalue weighted by atomic mass is 9.33. The van der Waals surface area contributed by atoms with Crippen molar-refractivity contribution in [2.75, 3.05) is 14.7 Å². The second kappa shape index (κ2) is 18.2. The molecule has 15 aromatic rings. The molecule has 0 N–H and O–H groups in total. The minimum atomic E-state index is -0.0620. The first-order chi connectivity index (χ1) is 43.1. The Kier molecular flexibility index (Phi) is 10.1. The first-order valence-electron chi connectivity index (χ1n) is 31.6. The number of benzene rings is 15. The summed E-state index contributed by atoms with van der Waals surface area (Å²) < 4.78 is 0. The number of hydrogen-bond donors (Lipinski definition) is 0. The molecule has 3 nitrogen and oxygen atoms in total. The number of piperidine rings is 2. The zero-order valence-corrected chi connectivity index (χ0v) is 48.2. The fourth-order valence-electron chi connectivity index (χ4n) is 17.8. The lowest BCUT2D eigenvalue weighted by Gasteiger charge is -2.58. The van der Waals surface area contributed by atoms with E-state index in [4.69, 9.17) is 0 Å². The maximum Gasteiger partial charge on any atom is 0.252 e. The number of hydrogen-bond acceptors (Lipinski definition) is 3. The summed E-state index contributed by atoms with van der Waals surface area (Å²) in [6.07, 6.45) is 6.56. The first-order valence-corrected chi connectivity index (χ1v) is 31.6. The molecule has 4 aliphatic heterocycles. The number of anilines is 7. The van der Waals surface area contributed by atoms with Gasteiger partial charge in [0.15, 0.2) is 0 Å². The van der Waals surface area contributed by atoms with E-state index < -0.39 is 0 Å². The van der Waals surface area contributed by atoms with Gasteiger partial charge in [0.1, 0.15) is 0 Å². The molecular formula is C83H58BN3. The van der Waals surface area contributed by atoms with Crippen LogP contribution in [0.15, 0.2) is 267 Å². The maximum absolute atomic E-state index is 2.93. The van der Waals surface area contributed by atoms with Gasteiger partial charge in [0.25, 0.3) is 6.71 Å². The van der Waals surface area contributed by atoms with E-state index >= 15 is 0 Å². The van der Waals surface area contributed by atoms with E-state index in [0.29, 0.717) is 12.1 Å². The quantitative estimate of drug-likeness (QED) is 0.116. The van der Waals surface area contributed by atoms with Crippen LogP contribution in [-0.2, 0) is 0 Å². The van der Waals surface area contributed by atoms with Gasteiger partial charge in [0.2, 0.25) is 0 Å². The van der Waals surface area contributed by atoms with Crippen molar-refractivity contribution in [3.05, 3.63) is 267 Å². The molecule has 0 aromatic heterocycles. The molecule has 0 unspecified atom stereocenters. The largest absolute Gasteiger partial charge is 0.365 e. The van der Waals surface area contributed by atoms with Crippen molar-refractivity contribution in [2.45, 2.75) is 44.2 Å². The number of fused-ring (bicyclic) bond motifs is 4. The fraction of sp³-hybridized carbons (Fsp3) is 0.108. The van der Waals surface area contributed by atoms with Crippen molar-refractivity contribution in [1.82, 2.24) is 0 Å². The Morgan fingerprint density at radius 3 is 1.09 bits per heavy atom. The molecule has 4 fully saturated rings. The minimum absolute atomic E-state index is 0.0620. The van der Waals surface area contributed by atoms with Crippen LogP contribution in [0, 0.1) is 11.8 Å². The third-order valence-electron chi connectivity index (χ3n) is 21.4. The highest BCUT2D eigenvalue weighted by atomic mass is 15.2. The van der Waals surface area contributed by atoms with E-state index in [-0.39, 0.29) is 6.71 Å². The second-order valence-corrected chi connectivity index (χ2v) is 25.9. The Bertz CT molecular complexity index is 4940. The third kappa shape index (κ3) is 7.07. The predicted molar refractivity (Wildman–Crippen MR) is 370 cm³/mol. The summed E-state index contributed by atoms with van der Waals surface area (Å²) >= 11 is 0. The summed E-state index contributed by atoms with van der Waals surface area (Å²) in [6.45, 7) is -0.0620. The monoisotopic (exact) mass is 1110 g/mol. The van der Waals surface area contributed by atoms with Crippen LogP contribution >= 0.6 is 0 Å². The van der Waals surface area contributed by atoms with Crippen LogP contribution in [0.2, 0.25) is 0 Å². The zero-order valence-electron chi connectivity index (χ0n) is 48.2. The Morgan fingerprint density at radius 2 is 0.655 bits per heavy atom. The summed E-state index contributed by atoms with van der Waals surface area (Å²) in [5.74, 6) is 1.66. The van der Waals surface area contributed by atoms with Crippen LogP contribution in [0.3, 0.4) is 0 Å². The second-order valence-electron chi connectivity index (χ2n) is 25.9. The minimum Gasteiger partial charge on any atom is -0.365 e. The van der Waals surface area contributed by atoms with Gasteiger partial charge in [-0.15, -0.1) is 0 Å². The normalized spacial score (nSPS) is 18.3. The van der Waals surface area contributed by atoms with Gasteiger partial charge in [0, 0.05) is 51.9 Å². The molecule has 4 bridgehead atoms. The van der Waals surface area contributed by atoms with E-state index in [1.807, 2.05) is 0 Å². The molecule has 0 amide bonds. The average Bonchev–Trinajstić information content (AvgIpc) is 0.865. The summed E-state index contributed by atoms with van der Waals surface area (Å²) in [4.78, 5) is 8.26. The Balaban J connectivity index is 0.862. The lowest BCUT2D eigenvalue weighted by Crippen LogP contribution is -2.62. The third-order valence-corrected chi connectivity index (χ3v) is 21.4. The molecule has 15 aromatic carbocycles. The van der Waals surface area contributed by atoms with E-state index in [2.05, 4.69) is 282 Å². The molecule has 2 saturated carbocycles. The van der Waals surface area contributed by atoms with E-state index in [9.17, 15) is 0 Å². The molecule has 2 saturated heterocycles. The van der Waals surface area contributed by atoms with Crippen molar-refractivity contribution >= 4 is 128 Å². The van der Waals surface area contributed by atoms with Crippen LogP contribution in [0.1, 0.15) is 32.1 Å². The molecule has 6 aliphatic rings. The van der Waals surface area contributed by atoms with Gasteiger partial charge in [-0.1, -0.05) is 218 Å². The summed E-state index contributed by atoms with van der Waals surface area (Å²) in [6, 6.07) is 104. The van der Waals surface area contributed by atoms with Crippen molar-refractivity contribution in [3.63, 3.8) is 0 Å². The fourth-order valence-corrected chi connectivity index (χ4v) is 17.8. The highest BCUT2D eigenvalue weighted by Crippen LogP contribution is 2.54. The predicted octanol–water partition coefficient (Wildman–Crippen LogP) is 20.0. The maximum atomic E-state index is 2.93. The smallest absolute Gasteiger partial charge is 0.252 e. The Labute approximate surface area is 506 Å². The van der Waals surface area contributed by atoms with Gasteiger partial charge in [-0.25, -0.2) is 0 Å². The SMILES string of the molecule is c1ccc(-c2ccc(N3c4cc(-c5ccc6ccc7cccc8ccc5c6c78)ccc4B4c5ccc(-c6ccc7ccc8cccc9ccc6c7c89)cc5N(c5ccc(-c6ccccc6)cc5)c5cc(N6C7CC8CC(C7)CC6C8)cc3c54)cc2)cc1. The summed E-state index contributed by atoms with van der Waals surface area (Å²) in [7, 11) is 0. The Hall–Kier alpha value is -10.2. The van der Waals surface area contributed by atoms with Gasteiger partial charge < -0.3 is 14.7 Å². The number of rotatable bonds is 7. The molecule has 87 heavy (non-hydrogen) atoms. The molecule has 408 valence electrons. The lowest BCUT2D eigenvalue weighted by molar-refractivity contribution is 0.0900. The molecule has 0 radical (unpaired) electrons. The average molecular weight is 1110 g/mol. The standard InChI is InChI=1S/C83H58BN3/c1-3-9-52(10-4-1)54-21-31-64(32-22-54)86-75-46-62(69-35-25-60-19-17-56-13-7-15-58-27-37-71(69)81(60)79(56)58)29-39-73(75)84-74-40-30-63(70-36-26-61-20-18-57-14-8-16-59-28-38-72(70)82(61)80(57)59)47-76(74)87(65-33-23-55(24-34-65)53-11-5-2-6-12-53)78-49-68(48-77(86)83(78)84)85-66-42-50-41-51(44-66)45-67(85)43-50/h1-40,46-51,66-67H,41-45H2. The van der Waals surface area contributed by atoms with Gasteiger partial charge in [0.05, 0.1) is 0 Å². The number of nitrogens with zero attached hydrogens (tertiary/aromatic N) is 3. The molecule has 0 spiro atoms. The van der Waals surface area contributed by atoms with Crippen molar-refractivity contribution in [2.24, 2.45) is 11.8 Å². The van der Waals surface area contributed by atoms with Crippen molar-refractivity contribution in [1.29, 1.82) is 0 Å². The van der Waals surface area contributed by atoms with Crippen molar-refractivity contribution < 1.29 is 0 Å². The van der Waals surface area contributed by atoms with E-state index in [0.717, 1.165) is 23.2 Å². The topological polar surface area (TPSA) is 9.72 Å².